The quantitative estimate of drug-likeness (QED) is 0.356. The number of benzene rings is 2. The van der Waals surface area contributed by atoms with Crippen LogP contribution in [0.3, 0.4) is 0 Å². The fraction of sp³-hybridized carbons (Fsp3) is 0.462. The fourth-order valence-corrected chi connectivity index (χ4v) is 2.79. The van der Waals surface area contributed by atoms with Gasteiger partial charge in [-0.05, 0) is 56.7 Å². The number of carbonyl (C=O) groups excluding carboxylic acids is 2. The summed E-state index contributed by atoms with van der Waals surface area (Å²) >= 11 is 0. The smallest absolute Gasteiger partial charge is 0.243 e. The van der Waals surface area contributed by atoms with E-state index >= 15 is 0 Å². The first-order valence-corrected chi connectivity index (χ1v) is 11.8. The minimum absolute atomic E-state index is 0.0654. The molecular weight excluding hydrogens is 414 g/mol. The molecule has 2 aromatic rings. The molecule has 33 heavy (non-hydrogen) atoms. The number of carbonyl (C=O) groups is 2. The Morgan fingerprint density at radius 3 is 2.06 bits per heavy atom. The molecular formula is C26H43N5O2. The normalized spacial score (nSPS) is 10.6. The van der Waals surface area contributed by atoms with Gasteiger partial charge in [0.15, 0.2) is 0 Å². The van der Waals surface area contributed by atoms with Gasteiger partial charge in [0.2, 0.25) is 11.8 Å². The Hall–Kier alpha value is -2.74. The van der Waals surface area contributed by atoms with E-state index < -0.39 is 0 Å². The van der Waals surface area contributed by atoms with E-state index in [9.17, 15) is 9.59 Å². The summed E-state index contributed by atoms with van der Waals surface area (Å²) in [4.78, 5) is 24.3. The summed E-state index contributed by atoms with van der Waals surface area (Å²) in [6, 6.07) is 17.0. The van der Waals surface area contributed by atoms with Crippen molar-refractivity contribution in [3.8, 4) is 0 Å². The maximum atomic E-state index is 12.3. The molecule has 1 unspecified atom stereocenters. The van der Waals surface area contributed by atoms with Crippen molar-refractivity contribution < 1.29 is 9.59 Å². The molecule has 2 rings (SSSR count). The Bertz CT molecular complexity index is 749. The number of nitrogens with one attached hydrogen (secondary N) is 4. The van der Waals surface area contributed by atoms with Crippen LogP contribution in [0.15, 0.2) is 54.6 Å². The van der Waals surface area contributed by atoms with Gasteiger partial charge in [-0.25, -0.2) is 0 Å². The van der Waals surface area contributed by atoms with Crippen LogP contribution in [0.25, 0.3) is 0 Å². The summed E-state index contributed by atoms with van der Waals surface area (Å²) in [6.45, 7) is 7.69. The first-order chi connectivity index (χ1) is 16.0. The summed E-state index contributed by atoms with van der Waals surface area (Å²) in [5, 5.41) is 11.5. The average Bonchev–Trinajstić information content (AvgIpc) is 2.85. The van der Waals surface area contributed by atoms with Crippen LogP contribution < -0.4 is 27.0 Å². The van der Waals surface area contributed by atoms with Gasteiger partial charge in [0.05, 0.1) is 12.6 Å². The van der Waals surface area contributed by atoms with Crippen LogP contribution in [0, 0.1) is 0 Å². The summed E-state index contributed by atoms with van der Waals surface area (Å²) in [6.07, 6.45) is 2.95. The van der Waals surface area contributed by atoms with E-state index in [0.717, 1.165) is 24.2 Å². The molecule has 0 aliphatic heterocycles. The Morgan fingerprint density at radius 1 is 0.939 bits per heavy atom. The van der Waals surface area contributed by atoms with Gasteiger partial charge in [-0.2, -0.15) is 0 Å². The van der Waals surface area contributed by atoms with Crippen molar-refractivity contribution >= 4 is 17.5 Å². The third kappa shape index (κ3) is 14.1. The molecule has 0 fully saturated rings. The van der Waals surface area contributed by atoms with Crippen molar-refractivity contribution in [2.45, 2.75) is 52.6 Å². The lowest BCUT2D eigenvalue weighted by Crippen LogP contribution is -2.46. The van der Waals surface area contributed by atoms with Gasteiger partial charge < -0.3 is 27.0 Å². The van der Waals surface area contributed by atoms with Crippen LogP contribution in [-0.2, 0) is 22.6 Å². The van der Waals surface area contributed by atoms with Crippen LogP contribution >= 0.6 is 0 Å². The molecule has 0 aliphatic rings. The molecule has 0 heterocycles. The monoisotopic (exact) mass is 457 g/mol. The topological polar surface area (TPSA) is 108 Å². The Balaban J connectivity index is 0.00000129. The fourth-order valence-electron chi connectivity index (χ4n) is 2.79. The molecule has 2 amide bonds. The molecule has 184 valence electrons. The van der Waals surface area contributed by atoms with Crippen LogP contribution in [0.1, 0.15) is 44.7 Å². The highest BCUT2D eigenvalue weighted by atomic mass is 16.2. The van der Waals surface area contributed by atoms with Crippen molar-refractivity contribution in [2.24, 2.45) is 5.73 Å². The van der Waals surface area contributed by atoms with Crippen LogP contribution in [-0.4, -0.2) is 45.0 Å². The Labute approximate surface area is 199 Å². The van der Waals surface area contributed by atoms with Gasteiger partial charge in [-0.3, -0.25) is 9.59 Å². The van der Waals surface area contributed by atoms with Gasteiger partial charge in [0.1, 0.15) is 0 Å². The summed E-state index contributed by atoms with van der Waals surface area (Å²) in [7, 11) is 3.62. The molecule has 0 saturated heterocycles. The van der Waals surface area contributed by atoms with Crippen LogP contribution in [0.2, 0.25) is 0 Å². The molecule has 0 spiro atoms. The molecule has 0 radical (unpaired) electrons. The van der Waals surface area contributed by atoms with Gasteiger partial charge in [0.25, 0.3) is 0 Å². The molecule has 1 atom stereocenters. The first kappa shape index (κ1) is 30.3. The van der Waals surface area contributed by atoms with E-state index in [0.29, 0.717) is 12.1 Å². The van der Waals surface area contributed by atoms with Gasteiger partial charge in [-0.1, -0.05) is 69.7 Å². The van der Waals surface area contributed by atoms with Crippen molar-refractivity contribution in [2.75, 3.05) is 32.5 Å². The van der Waals surface area contributed by atoms with Crippen molar-refractivity contribution in [1.29, 1.82) is 0 Å². The standard InChI is InChI=1S/C20H26N4O2.C4H11N.C2H6/c1-21-13-16-8-10-17(11-9-16)24-19(25)14-23-20(26)18(22-2)12-15-6-4-3-5-7-15;1-2-3-4-5;1-2/h3-11,18,21-22H,12-14H2,1-2H3,(H,23,26)(H,24,25);2-5H2,1H3;1-2H3. The van der Waals surface area contributed by atoms with E-state index in [2.05, 4.69) is 28.2 Å². The second kappa shape index (κ2) is 19.9. The second-order valence-corrected chi connectivity index (χ2v) is 7.17. The van der Waals surface area contributed by atoms with Gasteiger partial charge in [-0.15, -0.1) is 0 Å². The minimum atomic E-state index is -0.383. The molecule has 6 N–H and O–H groups in total. The SMILES string of the molecule is CC.CCCCN.CNCc1ccc(NC(=O)CNC(=O)C(Cc2ccccc2)NC)cc1. The van der Waals surface area contributed by atoms with Crippen molar-refractivity contribution in [1.82, 2.24) is 16.0 Å². The lowest BCUT2D eigenvalue weighted by molar-refractivity contribution is -0.125. The average molecular weight is 458 g/mol. The number of anilines is 1. The molecule has 0 aromatic heterocycles. The largest absolute Gasteiger partial charge is 0.346 e. The van der Waals surface area contributed by atoms with E-state index in [1.165, 1.54) is 12.8 Å². The molecule has 0 aliphatic carbocycles. The van der Waals surface area contributed by atoms with E-state index in [-0.39, 0.29) is 24.4 Å². The highest BCUT2D eigenvalue weighted by Gasteiger charge is 2.17. The van der Waals surface area contributed by atoms with E-state index in [1.807, 2.05) is 75.5 Å². The number of amides is 2. The Morgan fingerprint density at radius 2 is 1.58 bits per heavy atom. The second-order valence-electron chi connectivity index (χ2n) is 7.17. The van der Waals surface area contributed by atoms with Crippen molar-refractivity contribution in [3.05, 3.63) is 65.7 Å². The highest BCUT2D eigenvalue weighted by Crippen LogP contribution is 2.09. The van der Waals surface area contributed by atoms with Crippen LogP contribution in [0.4, 0.5) is 5.69 Å². The van der Waals surface area contributed by atoms with E-state index in [1.54, 1.807) is 7.05 Å². The Kier molecular flexibility index (Phi) is 18.3. The third-order valence-corrected chi connectivity index (χ3v) is 4.55. The zero-order valence-electron chi connectivity index (χ0n) is 20.9. The van der Waals surface area contributed by atoms with Crippen LogP contribution in [0.5, 0.6) is 0 Å². The molecule has 7 heteroatoms. The number of likely N-dealkylation sites (N-methyl/N-ethyl adjacent to an activating group) is 1. The predicted octanol–water partition coefficient (Wildman–Crippen LogP) is 3.06. The summed E-state index contributed by atoms with van der Waals surface area (Å²) < 4.78 is 0. The molecule has 7 nitrogen and oxygen atoms in total. The number of hydrogen-bond acceptors (Lipinski definition) is 5. The maximum absolute atomic E-state index is 12.3. The minimum Gasteiger partial charge on any atom is -0.346 e. The first-order valence-electron chi connectivity index (χ1n) is 11.8. The lowest BCUT2D eigenvalue weighted by atomic mass is 10.1. The summed E-state index contributed by atoms with van der Waals surface area (Å²) in [5.41, 5.74) is 8.04. The molecule has 2 aromatic carbocycles. The van der Waals surface area contributed by atoms with Crippen molar-refractivity contribution in [3.63, 3.8) is 0 Å². The third-order valence-electron chi connectivity index (χ3n) is 4.55. The van der Waals surface area contributed by atoms with E-state index in [4.69, 9.17) is 5.73 Å². The number of rotatable bonds is 11. The highest BCUT2D eigenvalue weighted by molar-refractivity contribution is 5.95. The van der Waals surface area contributed by atoms with Gasteiger partial charge in [0, 0.05) is 12.2 Å². The van der Waals surface area contributed by atoms with Gasteiger partial charge >= 0.3 is 0 Å². The number of unbranched alkanes of at least 4 members (excludes halogenated alkanes) is 1. The molecule has 0 bridgehead atoms. The zero-order chi connectivity index (χ0) is 24.9. The lowest BCUT2D eigenvalue weighted by Gasteiger charge is -2.16. The number of nitrogens with two attached hydrogens (primary N) is 1. The zero-order valence-corrected chi connectivity index (χ0v) is 20.9. The molecule has 0 saturated carbocycles. The maximum Gasteiger partial charge on any atom is 0.243 e. The number of hydrogen-bond donors (Lipinski definition) is 5. The predicted molar refractivity (Wildman–Crippen MR) is 139 cm³/mol. The summed E-state index contributed by atoms with van der Waals surface area (Å²) in [5.74, 6) is -0.454.